The van der Waals surface area contributed by atoms with E-state index in [1.807, 2.05) is 12.1 Å². The maximum atomic E-state index is 10.6. The van der Waals surface area contributed by atoms with Gasteiger partial charge >= 0.3 is 0 Å². The van der Waals surface area contributed by atoms with E-state index in [9.17, 15) is 8.42 Å². The molecule has 0 aliphatic heterocycles. The first-order chi connectivity index (χ1) is 7.47. The lowest BCUT2D eigenvalue weighted by Crippen LogP contribution is -2.17. The van der Waals surface area contributed by atoms with Gasteiger partial charge in [0.1, 0.15) is 0 Å². The van der Waals surface area contributed by atoms with Gasteiger partial charge in [-0.3, -0.25) is 0 Å². The number of benzene rings is 1. The summed E-state index contributed by atoms with van der Waals surface area (Å²) in [6, 6.07) is 7.32. The average molecular weight is 264 g/mol. The molecule has 0 saturated carbocycles. The Morgan fingerprint density at radius 2 is 2.12 bits per heavy atom. The fraction of sp³-hybridized carbons (Fsp3) is 0.400. The predicted octanol–water partition coefficient (Wildman–Crippen LogP) is 1.54. The summed E-state index contributed by atoms with van der Waals surface area (Å²) in [6.45, 7) is 0.786. The fourth-order valence-corrected chi connectivity index (χ4v) is 1.91. The van der Waals surface area contributed by atoms with Crippen molar-refractivity contribution < 1.29 is 13.2 Å². The van der Waals surface area contributed by atoms with E-state index in [0.717, 1.165) is 5.56 Å². The molecule has 0 radical (unpaired) electrons. The number of primary sulfonamides is 1. The number of hydrogen-bond acceptors (Lipinski definition) is 3. The average Bonchev–Trinajstić information content (AvgIpc) is 2.15. The second kappa shape index (κ2) is 6.20. The molecule has 1 aromatic rings. The zero-order chi connectivity index (χ0) is 12.0. The van der Waals surface area contributed by atoms with E-state index in [4.69, 9.17) is 21.5 Å². The van der Waals surface area contributed by atoms with E-state index in [1.54, 1.807) is 12.1 Å². The second-order valence-electron chi connectivity index (χ2n) is 3.40. The second-order valence-corrected chi connectivity index (χ2v) is 5.57. The van der Waals surface area contributed by atoms with Crippen LogP contribution in [-0.2, 0) is 21.4 Å². The summed E-state index contributed by atoms with van der Waals surface area (Å²) in [5.41, 5.74) is 0.961. The van der Waals surface area contributed by atoms with E-state index in [0.29, 0.717) is 24.7 Å². The minimum Gasteiger partial charge on any atom is -0.377 e. The molecule has 90 valence electrons. The zero-order valence-corrected chi connectivity index (χ0v) is 10.3. The van der Waals surface area contributed by atoms with E-state index in [1.165, 1.54) is 0 Å². The molecule has 1 rings (SSSR count). The molecule has 4 nitrogen and oxygen atoms in total. The minimum atomic E-state index is -3.38. The summed E-state index contributed by atoms with van der Waals surface area (Å²) in [5.74, 6) is -0.0530. The lowest BCUT2D eigenvalue weighted by molar-refractivity contribution is 0.122. The van der Waals surface area contributed by atoms with Crippen LogP contribution in [0.3, 0.4) is 0 Å². The highest BCUT2D eigenvalue weighted by Crippen LogP contribution is 2.11. The largest absolute Gasteiger partial charge is 0.377 e. The van der Waals surface area contributed by atoms with Crippen molar-refractivity contribution in [2.75, 3.05) is 12.4 Å². The molecule has 0 spiro atoms. The van der Waals surface area contributed by atoms with Gasteiger partial charge in [-0.05, 0) is 24.1 Å². The quantitative estimate of drug-likeness (QED) is 0.792. The van der Waals surface area contributed by atoms with Crippen molar-refractivity contribution in [3.8, 4) is 0 Å². The Balaban J connectivity index is 2.21. The van der Waals surface area contributed by atoms with Crippen molar-refractivity contribution >= 4 is 21.6 Å². The van der Waals surface area contributed by atoms with E-state index < -0.39 is 10.0 Å². The molecule has 2 N–H and O–H groups in total. The number of halogens is 1. The topological polar surface area (TPSA) is 69.4 Å². The van der Waals surface area contributed by atoms with Crippen LogP contribution in [-0.4, -0.2) is 20.8 Å². The molecule has 0 heterocycles. The standard InChI is InChI=1S/C10H14ClNO3S/c11-10-4-1-3-9(7-10)8-15-5-2-6-16(12,13)14/h1,3-4,7H,2,5-6,8H2,(H2,12,13,14). The Bertz CT molecular complexity index is 433. The van der Waals surface area contributed by atoms with Gasteiger partial charge in [0.25, 0.3) is 0 Å². The maximum absolute atomic E-state index is 10.6. The van der Waals surface area contributed by atoms with E-state index >= 15 is 0 Å². The Hall–Kier alpha value is -0.620. The molecule has 0 aliphatic rings. The first-order valence-corrected chi connectivity index (χ1v) is 6.89. The lowest BCUT2D eigenvalue weighted by Gasteiger charge is -2.04. The van der Waals surface area contributed by atoms with Gasteiger partial charge in [-0.25, -0.2) is 13.6 Å². The maximum Gasteiger partial charge on any atom is 0.209 e. The predicted molar refractivity (Wildman–Crippen MR) is 63.7 cm³/mol. The van der Waals surface area contributed by atoms with E-state index in [-0.39, 0.29) is 5.75 Å². The number of nitrogens with two attached hydrogens (primary N) is 1. The molecule has 0 bridgehead atoms. The van der Waals surface area contributed by atoms with Crippen LogP contribution in [0.5, 0.6) is 0 Å². The summed E-state index contributed by atoms with van der Waals surface area (Å²) >= 11 is 5.79. The monoisotopic (exact) mass is 263 g/mol. The molecule has 0 saturated heterocycles. The first-order valence-electron chi connectivity index (χ1n) is 4.80. The first kappa shape index (κ1) is 13.4. The van der Waals surface area contributed by atoms with Gasteiger partial charge < -0.3 is 4.74 Å². The molecule has 0 aliphatic carbocycles. The fourth-order valence-electron chi connectivity index (χ4n) is 1.18. The van der Waals surface area contributed by atoms with Crippen LogP contribution >= 0.6 is 11.6 Å². The van der Waals surface area contributed by atoms with Gasteiger partial charge in [-0.1, -0.05) is 23.7 Å². The Kier molecular flexibility index (Phi) is 5.21. The molecular formula is C10H14ClNO3S. The Morgan fingerprint density at radius 1 is 1.38 bits per heavy atom. The van der Waals surface area contributed by atoms with Gasteiger partial charge in [0.15, 0.2) is 0 Å². The lowest BCUT2D eigenvalue weighted by atomic mass is 10.2. The molecule has 0 amide bonds. The molecule has 0 atom stereocenters. The summed E-state index contributed by atoms with van der Waals surface area (Å²) in [7, 11) is -3.38. The SMILES string of the molecule is NS(=O)(=O)CCCOCc1cccc(Cl)c1. The van der Waals surface area contributed by atoms with Crippen LogP contribution in [0.25, 0.3) is 0 Å². The van der Waals surface area contributed by atoms with Crippen molar-refractivity contribution in [3.05, 3.63) is 34.9 Å². The summed E-state index contributed by atoms with van der Waals surface area (Å²) in [4.78, 5) is 0. The van der Waals surface area contributed by atoms with Crippen molar-refractivity contribution in [2.45, 2.75) is 13.0 Å². The highest BCUT2D eigenvalue weighted by molar-refractivity contribution is 7.89. The van der Waals surface area contributed by atoms with Gasteiger partial charge in [0, 0.05) is 11.6 Å². The molecule has 0 unspecified atom stereocenters. The summed E-state index contributed by atoms with van der Waals surface area (Å²) in [6.07, 6.45) is 0.402. The van der Waals surface area contributed by atoms with Crippen molar-refractivity contribution in [3.63, 3.8) is 0 Å². The normalized spacial score (nSPS) is 11.6. The third-order valence-corrected chi connectivity index (χ3v) is 2.97. The van der Waals surface area contributed by atoms with Crippen molar-refractivity contribution in [2.24, 2.45) is 5.14 Å². The molecule has 6 heteroatoms. The van der Waals surface area contributed by atoms with Crippen LogP contribution in [0.4, 0.5) is 0 Å². The van der Waals surface area contributed by atoms with E-state index in [2.05, 4.69) is 0 Å². The molecule has 1 aromatic carbocycles. The number of rotatable bonds is 6. The van der Waals surface area contributed by atoms with Crippen LogP contribution in [0, 0.1) is 0 Å². The van der Waals surface area contributed by atoms with Crippen LogP contribution in [0.15, 0.2) is 24.3 Å². The highest BCUT2D eigenvalue weighted by Gasteiger charge is 2.01. The Morgan fingerprint density at radius 3 is 2.75 bits per heavy atom. The molecule has 0 aromatic heterocycles. The molecule has 0 fully saturated rings. The van der Waals surface area contributed by atoms with Crippen molar-refractivity contribution in [1.29, 1.82) is 0 Å². The number of hydrogen-bond donors (Lipinski definition) is 1. The van der Waals surface area contributed by atoms with Gasteiger partial charge in [-0.2, -0.15) is 0 Å². The summed E-state index contributed by atoms with van der Waals surface area (Å²) < 4.78 is 26.5. The smallest absolute Gasteiger partial charge is 0.209 e. The third-order valence-electron chi connectivity index (χ3n) is 1.88. The van der Waals surface area contributed by atoms with Gasteiger partial charge in [0.2, 0.25) is 10.0 Å². The van der Waals surface area contributed by atoms with Gasteiger partial charge in [-0.15, -0.1) is 0 Å². The molecule has 16 heavy (non-hydrogen) atoms. The highest BCUT2D eigenvalue weighted by atomic mass is 35.5. The van der Waals surface area contributed by atoms with Crippen LogP contribution in [0.2, 0.25) is 5.02 Å². The number of sulfonamides is 1. The molecular weight excluding hydrogens is 250 g/mol. The van der Waals surface area contributed by atoms with Crippen molar-refractivity contribution in [1.82, 2.24) is 0 Å². The Labute approximate surface area is 100 Å². The summed E-state index contributed by atoms with van der Waals surface area (Å²) in [5, 5.41) is 5.51. The zero-order valence-electron chi connectivity index (χ0n) is 8.73. The van der Waals surface area contributed by atoms with Gasteiger partial charge in [0.05, 0.1) is 12.4 Å². The van der Waals surface area contributed by atoms with Crippen LogP contribution < -0.4 is 5.14 Å². The minimum absolute atomic E-state index is 0.0530. The third kappa shape index (κ3) is 6.07. The number of ether oxygens (including phenoxy) is 1. The van der Waals surface area contributed by atoms with Crippen LogP contribution in [0.1, 0.15) is 12.0 Å².